The molecular weight excluding hydrogens is 188 g/mol. The Balaban J connectivity index is 0.000000791. The van der Waals surface area contributed by atoms with Crippen molar-refractivity contribution in [3.8, 4) is 0 Å². The topological polar surface area (TPSA) is 78.9 Å². The van der Waals surface area contributed by atoms with Crippen LogP contribution in [0.15, 0.2) is 0 Å². The summed E-state index contributed by atoms with van der Waals surface area (Å²) in [6, 6.07) is 0. The molecule has 6 heteroatoms. The van der Waals surface area contributed by atoms with E-state index >= 15 is 0 Å². The van der Waals surface area contributed by atoms with Crippen molar-refractivity contribution in [1.29, 1.82) is 0 Å². The molecule has 0 radical (unpaired) electrons. The van der Waals surface area contributed by atoms with Crippen LogP contribution in [0.25, 0.3) is 0 Å². The van der Waals surface area contributed by atoms with Crippen LogP contribution in [0.4, 0.5) is 0 Å². The Labute approximate surface area is 82.8 Å². The van der Waals surface area contributed by atoms with Crippen molar-refractivity contribution in [1.82, 2.24) is 10.2 Å². The quantitative estimate of drug-likeness (QED) is 0.532. The number of carbonyl (C=O) groups excluding carboxylic acids is 2. The third kappa shape index (κ3) is 4.78. The van der Waals surface area contributed by atoms with E-state index in [1.807, 2.05) is 0 Å². The fourth-order valence-corrected chi connectivity index (χ4v) is 1.05. The lowest BCUT2D eigenvalue weighted by atomic mass is 10.4. The van der Waals surface area contributed by atoms with Gasteiger partial charge in [-0.15, -0.1) is 0 Å². The molecule has 0 atom stereocenters. The van der Waals surface area contributed by atoms with Gasteiger partial charge in [-0.05, 0) is 0 Å². The van der Waals surface area contributed by atoms with Gasteiger partial charge in [-0.1, -0.05) is 0 Å². The summed E-state index contributed by atoms with van der Waals surface area (Å²) in [5.41, 5.74) is 0. The van der Waals surface area contributed by atoms with E-state index in [2.05, 4.69) is 5.32 Å². The summed E-state index contributed by atoms with van der Waals surface area (Å²) >= 11 is 0. The van der Waals surface area contributed by atoms with Crippen molar-refractivity contribution < 1.29 is 19.4 Å². The summed E-state index contributed by atoms with van der Waals surface area (Å²) in [5.74, 6) is -0.0506. The average Bonchev–Trinajstić information content (AvgIpc) is 2.30. The first kappa shape index (κ1) is 12.9. The first-order valence-electron chi connectivity index (χ1n) is 4.32. The molecule has 82 valence electrons. The van der Waals surface area contributed by atoms with Gasteiger partial charge in [0.25, 0.3) is 0 Å². The van der Waals surface area contributed by atoms with Gasteiger partial charge >= 0.3 is 0 Å². The van der Waals surface area contributed by atoms with E-state index in [9.17, 15) is 9.59 Å². The first-order chi connectivity index (χ1) is 6.84. The lowest BCUT2D eigenvalue weighted by Gasteiger charge is -2.26. The highest BCUT2D eigenvalue weighted by Gasteiger charge is 2.15. The molecule has 1 rings (SSSR count). The van der Waals surface area contributed by atoms with Crippen molar-refractivity contribution in [3.05, 3.63) is 0 Å². The van der Waals surface area contributed by atoms with E-state index in [0.29, 0.717) is 32.7 Å². The molecule has 1 aliphatic rings. The second-order valence-electron chi connectivity index (χ2n) is 2.49. The van der Waals surface area contributed by atoms with Crippen LogP contribution in [0.1, 0.15) is 0 Å². The minimum atomic E-state index is -0.0506. The van der Waals surface area contributed by atoms with Crippen molar-refractivity contribution in [2.75, 3.05) is 40.0 Å². The molecule has 0 aromatic carbocycles. The minimum Gasteiger partial charge on any atom is -0.400 e. The van der Waals surface area contributed by atoms with Crippen molar-refractivity contribution in [2.24, 2.45) is 0 Å². The second-order valence-corrected chi connectivity index (χ2v) is 2.49. The Morgan fingerprint density at radius 1 is 1.50 bits per heavy atom. The molecule has 0 spiro atoms. The van der Waals surface area contributed by atoms with Gasteiger partial charge in [0.15, 0.2) is 0 Å². The number of hydrogen-bond acceptors (Lipinski definition) is 4. The highest BCUT2D eigenvalue weighted by Crippen LogP contribution is 1.95. The normalized spacial score (nSPS) is 15.1. The predicted molar refractivity (Wildman–Crippen MR) is 49.6 cm³/mol. The molecular formula is C8H16N2O4. The fraction of sp³-hybridized carbons (Fsp3) is 0.750. The Kier molecular flexibility index (Phi) is 7.77. The van der Waals surface area contributed by atoms with Gasteiger partial charge in [-0.25, -0.2) is 0 Å². The SMILES string of the molecule is CO.O=CNCC(=O)N1CCOCC1. The maximum absolute atomic E-state index is 11.2. The molecule has 1 saturated heterocycles. The maximum Gasteiger partial charge on any atom is 0.242 e. The van der Waals surface area contributed by atoms with Gasteiger partial charge in [0, 0.05) is 20.2 Å². The number of ether oxygens (including phenoxy) is 1. The van der Waals surface area contributed by atoms with Crippen LogP contribution in [-0.2, 0) is 14.3 Å². The molecule has 1 heterocycles. The molecule has 1 aliphatic heterocycles. The zero-order valence-electron chi connectivity index (χ0n) is 8.23. The number of aliphatic hydroxyl groups is 1. The average molecular weight is 204 g/mol. The highest BCUT2D eigenvalue weighted by atomic mass is 16.5. The van der Waals surface area contributed by atoms with E-state index in [1.54, 1.807) is 4.90 Å². The Morgan fingerprint density at radius 2 is 2.07 bits per heavy atom. The number of nitrogens with zero attached hydrogens (tertiary/aromatic N) is 1. The summed E-state index contributed by atoms with van der Waals surface area (Å²) in [5, 5.41) is 9.33. The van der Waals surface area contributed by atoms with Crippen molar-refractivity contribution in [2.45, 2.75) is 0 Å². The van der Waals surface area contributed by atoms with Crippen LogP contribution in [0.5, 0.6) is 0 Å². The van der Waals surface area contributed by atoms with Gasteiger partial charge in [-0.3, -0.25) is 9.59 Å². The molecule has 0 aliphatic carbocycles. The largest absolute Gasteiger partial charge is 0.400 e. The van der Waals surface area contributed by atoms with Crippen molar-refractivity contribution in [3.63, 3.8) is 0 Å². The lowest BCUT2D eigenvalue weighted by Crippen LogP contribution is -2.44. The molecule has 14 heavy (non-hydrogen) atoms. The number of rotatable bonds is 3. The van der Waals surface area contributed by atoms with Crippen LogP contribution < -0.4 is 5.32 Å². The first-order valence-corrected chi connectivity index (χ1v) is 4.32. The maximum atomic E-state index is 11.2. The summed E-state index contributed by atoms with van der Waals surface area (Å²) in [6.07, 6.45) is 0.526. The minimum absolute atomic E-state index is 0.0506. The Morgan fingerprint density at radius 3 is 2.57 bits per heavy atom. The smallest absolute Gasteiger partial charge is 0.242 e. The number of morpholine rings is 1. The Bertz CT molecular complexity index is 169. The molecule has 2 amide bonds. The van der Waals surface area contributed by atoms with Gasteiger partial charge in [-0.2, -0.15) is 0 Å². The summed E-state index contributed by atoms with van der Waals surface area (Å²) in [7, 11) is 1.00. The molecule has 0 aromatic rings. The van der Waals surface area contributed by atoms with Crippen LogP contribution in [-0.4, -0.2) is 62.3 Å². The third-order valence-electron chi connectivity index (χ3n) is 1.70. The number of nitrogens with one attached hydrogen (secondary N) is 1. The fourth-order valence-electron chi connectivity index (χ4n) is 1.05. The lowest BCUT2D eigenvalue weighted by molar-refractivity contribution is -0.135. The molecule has 6 nitrogen and oxygen atoms in total. The van der Waals surface area contributed by atoms with Crippen LogP contribution in [0, 0.1) is 0 Å². The number of aliphatic hydroxyl groups excluding tert-OH is 1. The Hall–Kier alpha value is -1.14. The molecule has 0 bridgehead atoms. The zero-order valence-corrected chi connectivity index (χ0v) is 8.23. The molecule has 2 N–H and O–H groups in total. The van der Waals surface area contributed by atoms with Gasteiger partial charge in [0.1, 0.15) is 0 Å². The highest BCUT2D eigenvalue weighted by molar-refractivity contribution is 5.80. The van der Waals surface area contributed by atoms with E-state index < -0.39 is 0 Å². The molecule has 0 aromatic heterocycles. The van der Waals surface area contributed by atoms with Crippen LogP contribution >= 0.6 is 0 Å². The van der Waals surface area contributed by atoms with Crippen molar-refractivity contribution >= 4 is 12.3 Å². The summed E-state index contributed by atoms with van der Waals surface area (Å²) in [4.78, 5) is 22.8. The van der Waals surface area contributed by atoms with Crippen LogP contribution in [0.2, 0.25) is 0 Å². The standard InChI is InChI=1S/C7H12N2O3.CH4O/c10-6-8-5-7(11)9-1-3-12-4-2-9;1-2/h6H,1-5H2,(H,8,10);2H,1H3. The third-order valence-corrected chi connectivity index (χ3v) is 1.70. The summed E-state index contributed by atoms with van der Waals surface area (Å²) in [6.45, 7) is 2.52. The van der Waals surface area contributed by atoms with E-state index in [0.717, 1.165) is 7.11 Å². The number of carbonyl (C=O) groups is 2. The van der Waals surface area contributed by atoms with Crippen LogP contribution in [0.3, 0.4) is 0 Å². The van der Waals surface area contributed by atoms with E-state index in [4.69, 9.17) is 9.84 Å². The number of amides is 2. The predicted octanol–water partition coefficient (Wildman–Crippen LogP) is -1.80. The molecule has 1 fully saturated rings. The second kappa shape index (κ2) is 8.46. The van der Waals surface area contributed by atoms with Gasteiger partial charge < -0.3 is 20.1 Å². The van der Waals surface area contributed by atoms with E-state index in [-0.39, 0.29) is 12.5 Å². The van der Waals surface area contributed by atoms with Gasteiger partial charge in [0.05, 0.1) is 19.8 Å². The van der Waals surface area contributed by atoms with E-state index in [1.165, 1.54) is 0 Å². The number of hydrogen-bond donors (Lipinski definition) is 2. The monoisotopic (exact) mass is 204 g/mol. The van der Waals surface area contributed by atoms with Gasteiger partial charge in [0.2, 0.25) is 12.3 Å². The summed E-state index contributed by atoms with van der Waals surface area (Å²) < 4.78 is 5.07. The molecule has 0 saturated carbocycles. The molecule has 0 unspecified atom stereocenters. The zero-order chi connectivity index (χ0) is 10.8.